The van der Waals surface area contributed by atoms with Gasteiger partial charge in [-0.2, -0.15) is 12.6 Å². The average Bonchev–Trinajstić information content (AvgIpc) is 2.31. The van der Waals surface area contributed by atoms with Crippen molar-refractivity contribution in [2.24, 2.45) is 0 Å². The Kier molecular flexibility index (Phi) is 3.40. The van der Waals surface area contributed by atoms with Crippen molar-refractivity contribution in [3.05, 3.63) is 0 Å². The van der Waals surface area contributed by atoms with Crippen LogP contribution in [0, 0.1) is 0 Å². The Balaban J connectivity index is 2.46. The summed E-state index contributed by atoms with van der Waals surface area (Å²) in [5.41, 5.74) is 0. The minimum absolute atomic E-state index is 0.116. The van der Waals surface area contributed by atoms with Crippen molar-refractivity contribution in [2.75, 3.05) is 5.75 Å². The van der Waals surface area contributed by atoms with Gasteiger partial charge < -0.3 is 10.6 Å². The van der Waals surface area contributed by atoms with Crippen molar-refractivity contribution in [3.63, 3.8) is 0 Å². The first-order valence-corrected chi connectivity index (χ1v) is 4.64. The van der Waals surface area contributed by atoms with E-state index in [4.69, 9.17) is 20.1 Å². The van der Waals surface area contributed by atoms with E-state index in [-0.39, 0.29) is 12.1 Å². The lowest BCUT2D eigenvalue weighted by Gasteiger charge is -2.08. The van der Waals surface area contributed by atoms with Gasteiger partial charge in [-0.05, 0) is 6.42 Å². The average molecular weight is 200 g/mol. The lowest BCUT2D eigenvalue weighted by atomic mass is 10.1. The summed E-state index contributed by atoms with van der Waals surface area (Å²) in [6.07, 6.45) is 0.769. The first kappa shape index (κ1) is 9.86. The molecular weight excluding hydrogens is 191 g/mol. The van der Waals surface area contributed by atoms with Crippen LogP contribution in [0.5, 0.6) is 0 Å². The molecule has 0 aromatic heterocycles. The molecule has 0 aromatic rings. The van der Waals surface area contributed by atoms with Crippen molar-refractivity contribution in [2.45, 2.75) is 18.5 Å². The number of carbonyl (C=O) groups is 1. The summed E-state index contributed by atoms with van der Waals surface area (Å²) in [6.45, 7) is 0. The van der Waals surface area contributed by atoms with Crippen molar-refractivity contribution in [1.29, 1.82) is 0 Å². The maximum Gasteiger partial charge on any atom is 0.200 e. The van der Waals surface area contributed by atoms with Gasteiger partial charge in [-0.1, -0.05) is 12.2 Å². The number of hydrogen-bond donors (Lipinski definition) is 3. The van der Waals surface area contributed by atoms with Crippen LogP contribution in [0.15, 0.2) is 0 Å². The number of nitrogens with one attached hydrogen (secondary N) is 2. The van der Waals surface area contributed by atoms with Crippen LogP contribution in [0.4, 0.5) is 4.79 Å². The van der Waals surface area contributed by atoms with Crippen LogP contribution >= 0.6 is 24.8 Å². The van der Waals surface area contributed by atoms with Crippen molar-refractivity contribution < 1.29 is 4.79 Å². The molecule has 2 atom stereocenters. The Morgan fingerprint density at radius 3 is 3.00 bits per heavy atom. The Bertz CT molecular complexity index is 212. The largest absolute Gasteiger partial charge is 0.374 e. The van der Waals surface area contributed by atoms with Crippen LogP contribution in [0.2, 0.25) is 0 Å². The molecule has 0 saturated carbocycles. The molecule has 0 bridgehead atoms. The molecular formula is C6H9BN2OS2. The molecule has 2 radical (unpaired) electrons. The fourth-order valence-electron chi connectivity index (χ4n) is 1.17. The van der Waals surface area contributed by atoms with E-state index in [0.29, 0.717) is 10.7 Å². The van der Waals surface area contributed by atoms with Gasteiger partial charge in [0.25, 0.3) is 0 Å². The third-order valence-corrected chi connectivity index (χ3v) is 2.56. The molecule has 0 spiro atoms. The lowest BCUT2D eigenvalue weighted by Crippen LogP contribution is -2.38. The number of amides is 1. The fourth-order valence-corrected chi connectivity index (χ4v) is 1.73. The Morgan fingerprint density at radius 2 is 2.58 bits per heavy atom. The van der Waals surface area contributed by atoms with Crippen LogP contribution in [-0.4, -0.2) is 36.5 Å². The van der Waals surface area contributed by atoms with E-state index in [0.717, 1.165) is 6.42 Å². The molecule has 12 heavy (non-hydrogen) atoms. The number of rotatable bonds is 2. The summed E-state index contributed by atoms with van der Waals surface area (Å²) in [5, 5.41) is 5.60. The van der Waals surface area contributed by atoms with E-state index in [1.165, 1.54) is 0 Å². The molecule has 2 N–H and O–H groups in total. The number of hydrogen-bond acceptors (Lipinski definition) is 3. The fraction of sp³-hybridized carbons (Fsp3) is 0.667. The van der Waals surface area contributed by atoms with Crippen molar-refractivity contribution in [3.8, 4) is 0 Å². The minimum atomic E-state index is -0.538. The summed E-state index contributed by atoms with van der Waals surface area (Å²) in [4.78, 5) is 11.1. The Labute approximate surface area is 83.5 Å². The highest BCUT2D eigenvalue weighted by Crippen LogP contribution is 2.10. The predicted molar refractivity (Wildman–Crippen MR) is 56.1 cm³/mol. The second-order valence-corrected chi connectivity index (χ2v) is 3.49. The molecule has 0 aromatic carbocycles. The van der Waals surface area contributed by atoms with Gasteiger partial charge in [0.2, 0.25) is 7.85 Å². The van der Waals surface area contributed by atoms with E-state index >= 15 is 0 Å². The van der Waals surface area contributed by atoms with Gasteiger partial charge in [0.1, 0.15) is 0 Å². The normalized spacial score (nSPS) is 28.2. The smallest absolute Gasteiger partial charge is 0.200 e. The van der Waals surface area contributed by atoms with E-state index in [9.17, 15) is 4.79 Å². The zero-order valence-corrected chi connectivity index (χ0v) is 8.12. The number of carbonyl (C=O) groups excluding carboxylic acids is 1. The standard InChI is InChI=1S/C6H9BN2OS2/c7-6(10)9-4-1-3(2-11)8-5(4)12/h3-4,11H,1-2H2,(H,8,12)(H,9,10)/t3-,4+/m0/s1. The van der Waals surface area contributed by atoms with E-state index in [1.54, 1.807) is 0 Å². The highest BCUT2D eigenvalue weighted by molar-refractivity contribution is 7.80. The van der Waals surface area contributed by atoms with Gasteiger partial charge in [-0.3, -0.25) is 4.79 Å². The Hall–Kier alpha value is -0.225. The highest BCUT2D eigenvalue weighted by Gasteiger charge is 2.27. The minimum Gasteiger partial charge on any atom is -0.374 e. The van der Waals surface area contributed by atoms with Crippen LogP contribution in [0.25, 0.3) is 0 Å². The van der Waals surface area contributed by atoms with Crippen LogP contribution in [0.1, 0.15) is 6.42 Å². The highest BCUT2D eigenvalue weighted by atomic mass is 32.1. The Morgan fingerprint density at radius 1 is 1.92 bits per heavy atom. The molecule has 1 fully saturated rings. The van der Waals surface area contributed by atoms with Gasteiger partial charge >= 0.3 is 0 Å². The molecule has 1 rings (SSSR count). The lowest BCUT2D eigenvalue weighted by molar-refractivity contribution is 0.258. The van der Waals surface area contributed by atoms with Crippen molar-refractivity contribution in [1.82, 2.24) is 10.6 Å². The van der Waals surface area contributed by atoms with Crippen LogP contribution in [-0.2, 0) is 0 Å². The molecule has 6 heteroatoms. The summed E-state index contributed by atoms with van der Waals surface area (Å²) >= 11 is 9.11. The monoisotopic (exact) mass is 200 g/mol. The molecule has 1 aliphatic heterocycles. The second-order valence-electron chi connectivity index (χ2n) is 2.68. The summed E-state index contributed by atoms with van der Waals surface area (Å²) in [5.74, 6) is 0.167. The number of thiol groups is 1. The molecule has 3 nitrogen and oxygen atoms in total. The third kappa shape index (κ3) is 2.38. The topological polar surface area (TPSA) is 41.1 Å². The molecule has 1 aliphatic rings. The van der Waals surface area contributed by atoms with Crippen LogP contribution < -0.4 is 10.6 Å². The summed E-state index contributed by atoms with van der Waals surface area (Å²) in [6, 6.07) is 0.132. The summed E-state index contributed by atoms with van der Waals surface area (Å²) in [7, 11) is 4.96. The maximum atomic E-state index is 10.5. The zero-order chi connectivity index (χ0) is 9.14. The third-order valence-electron chi connectivity index (χ3n) is 1.72. The van der Waals surface area contributed by atoms with Gasteiger partial charge in [0, 0.05) is 11.8 Å². The van der Waals surface area contributed by atoms with Gasteiger partial charge in [0.15, 0.2) is 5.81 Å². The molecule has 0 unspecified atom stereocenters. The van der Waals surface area contributed by atoms with Gasteiger partial charge in [-0.25, -0.2) is 0 Å². The van der Waals surface area contributed by atoms with E-state index in [2.05, 4.69) is 23.3 Å². The van der Waals surface area contributed by atoms with Gasteiger partial charge in [-0.15, -0.1) is 0 Å². The van der Waals surface area contributed by atoms with E-state index < -0.39 is 5.81 Å². The van der Waals surface area contributed by atoms with Crippen molar-refractivity contribution >= 4 is 43.5 Å². The molecule has 1 saturated heterocycles. The number of thiocarbonyl (C=S) groups is 1. The van der Waals surface area contributed by atoms with E-state index in [1.807, 2.05) is 0 Å². The quantitative estimate of drug-likeness (QED) is 0.330. The summed E-state index contributed by atoms with van der Waals surface area (Å²) < 4.78 is 0. The maximum absolute atomic E-state index is 10.5. The van der Waals surface area contributed by atoms with Crippen LogP contribution in [0.3, 0.4) is 0 Å². The molecule has 1 heterocycles. The zero-order valence-electron chi connectivity index (χ0n) is 6.41. The first-order chi connectivity index (χ1) is 5.63. The molecule has 1 amide bonds. The SMILES string of the molecule is [B]C(=O)N[C@@H]1C[C@@H](CS)NC1=S. The molecule has 64 valence electrons. The second kappa shape index (κ2) is 4.14. The molecule has 0 aliphatic carbocycles. The first-order valence-electron chi connectivity index (χ1n) is 3.60. The van der Waals surface area contributed by atoms with Gasteiger partial charge in [0.05, 0.1) is 11.0 Å². The predicted octanol–water partition coefficient (Wildman–Crippen LogP) is -0.148.